The molecule has 0 radical (unpaired) electrons. The van der Waals surface area contributed by atoms with Crippen LogP contribution in [0.3, 0.4) is 0 Å². The highest BCUT2D eigenvalue weighted by molar-refractivity contribution is 6.05. The molecule has 2 N–H and O–H groups in total. The molecule has 2 aromatic rings. The van der Waals surface area contributed by atoms with Crippen LogP contribution in [0.4, 0.5) is 0 Å². The Hall–Kier alpha value is -2.74. The second-order valence-corrected chi connectivity index (χ2v) is 6.01. The first-order chi connectivity index (χ1) is 11.9. The first kappa shape index (κ1) is 18.6. The molecule has 1 amide bonds. The highest BCUT2D eigenvalue weighted by Crippen LogP contribution is 2.14. The number of benzene rings is 1. The normalized spacial score (nSPS) is 12.2. The minimum Gasteiger partial charge on any atom is -0.467 e. The van der Waals surface area contributed by atoms with Gasteiger partial charge in [-0.25, -0.2) is 9.48 Å². The quantitative estimate of drug-likeness (QED) is 0.728. The van der Waals surface area contributed by atoms with Crippen molar-refractivity contribution in [2.75, 3.05) is 13.7 Å². The summed E-state index contributed by atoms with van der Waals surface area (Å²) in [6, 6.07) is 5.43. The first-order valence-electron chi connectivity index (χ1n) is 7.88. The van der Waals surface area contributed by atoms with Crippen molar-refractivity contribution in [3.8, 4) is 0 Å². The Morgan fingerprint density at radius 3 is 2.48 bits per heavy atom. The van der Waals surface area contributed by atoms with E-state index in [9.17, 15) is 19.5 Å². The number of hydrogen-bond acceptors (Lipinski definition) is 6. The van der Waals surface area contributed by atoms with Crippen LogP contribution < -0.4 is 10.9 Å². The van der Waals surface area contributed by atoms with E-state index in [1.165, 1.54) is 4.68 Å². The van der Waals surface area contributed by atoms with Gasteiger partial charge in [-0.05, 0) is 12.0 Å². The van der Waals surface area contributed by atoms with Crippen molar-refractivity contribution in [1.82, 2.24) is 15.1 Å². The van der Waals surface area contributed by atoms with Crippen molar-refractivity contribution in [2.24, 2.45) is 5.92 Å². The lowest BCUT2D eigenvalue weighted by atomic mass is 10.1. The molecule has 134 valence electrons. The van der Waals surface area contributed by atoms with E-state index in [1.54, 1.807) is 24.3 Å². The van der Waals surface area contributed by atoms with Crippen LogP contribution in [0.1, 0.15) is 24.3 Å². The molecule has 0 saturated heterocycles. The van der Waals surface area contributed by atoms with Crippen LogP contribution in [-0.4, -0.2) is 46.5 Å². The molecule has 1 aromatic heterocycles. The lowest BCUT2D eigenvalue weighted by Gasteiger charge is -2.16. The molecular formula is C17H21N3O5. The zero-order chi connectivity index (χ0) is 18.6. The Balaban J connectivity index is 2.52. The molecule has 0 aliphatic rings. The average Bonchev–Trinajstić information content (AvgIpc) is 2.60. The fourth-order valence-electron chi connectivity index (χ4n) is 2.42. The van der Waals surface area contributed by atoms with Gasteiger partial charge in [0.25, 0.3) is 11.5 Å². The standard InChI is InChI=1S/C17H21N3O5/c1-10(2)8-20-16(23)12-7-5-4-6-11(12)14(19-20)15(22)18-13(9-21)17(24)25-3/h4-7,10,13,21H,8-9H2,1-3H3,(H,18,22)/t13-/m0/s1. The summed E-state index contributed by atoms with van der Waals surface area (Å²) in [4.78, 5) is 36.7. The van der Waals surface area contributed by atoms with Crippen LogP contribution in [0, 0.1) is 5.92 Å². The minimum atomic E-state index is -1.21. The van der Waals surface area contributed by atoms with Gasteiger partial charge in [0.2, 0.25) is 0 Å². The molecule has 0 fully saturated rings. The van der Waals surface area contributed by atoms with Crippen LogP contribution in [-0.2, 0) is 16.1 Å². The van der Waals surface area contributed by atoms with Crippen LogP contribution in [0.2, 0.25) is 0 Å². The monoisotopic (exact) mass is 347 g/mol. The Bertz CT molecular complexity index is 844. The molecule has 0 bridgehead atoms. The molecule has 1 atom stereocenters. The summed E-state index contributed by atoms with van der Waals surface area (Å²) < 4.78 is 5.78. The van der Waals surface area contributed by atoms with E-state index in [0.29, 0.717) is 17.3 Å². The number of hydrogen-bond donors (Lipinski definition) is 2. The van der Waals surface area contributed by atoms with Gasteiger partial charge in [0, 0.05) is 11.9 Å². The summed E-state index contributed by atoms with van der Waals surface area (Å²) in [5.41, 5.74) is -0.272. The predicted octanol–water partition coefficient (Wildman–Crippen LogP) is 0.316. The van der Waals surface area contributed by atoms with Gasteiger partial charge in [-0.3, -0.25) is 9.59 Å². The van der Waals surface area contributed by atoms with E-state index >= 15 is 0 Å². The second kappa shape index (κ2) is 7.89. The summed E-state index contributed by atoms with van der Waals surface area (Å²) >= 11 is 0. The predicted molar refractivity (Wildman–Crippen MR) is 91.2 cm³/mol. The van der Waals surface area contributed by atoms with Crippen LogP contribution in [0.15, 0.2) is 29.1 Å². The Morgan fingerprint density at radius 1 is 1.28 bits per heavy atom. The van der Waals surface area contributed by atoms with Crippen molar-refractivity contribution in [3.05, 3.63) is 40.3 Å². The topological polar surface area (TPSA) is 111 Å². The van der Waals surface area contributed by atoms with Crippen LogP contribution in [0.25, 0.3) is 10.8 Å². The molecule has 2 rings (SSSR count). The summed E-state index contributed by atoms with van der Waals surface area (Å²) in [5.74, 6) is -1.28. The number of nitrogens with one attached hydrogen (secondary N) is 1. The fraction of sp³-hybridized carbons (Fsp3) is 0.412. The van der Waals surface area contributed by atoms with Gasteiger partial charge in [-0.2, -0.15) is 5.10 Å². The number of rotatable bonds is 6. The molecular weight excluding hydrogens is 326 g/mol. The van der Waals surface area contributed by atoms with Gasteiger partial charge in [0.1, 0.15) is 0 Å². The zero-order valence-corrected chi connectivity index (χ0v) is 14.4. The van der Waals surface area contributed by atoms with Crippen LogP contribution in [0.5, 0.6) is 0 Å². The first-order valence-corrected chi connectivity index (χ1v) is 7.88. The maximum atomic E-state index is 12.6. The van der Waals surface area contributed by atoms with E-state index in [2.05, 4.69) is 15.2 Å². The van der Waals surface area contributed by atoms with E-state index in [-0.39, 0.29) is 17.2 Å². The molecule has 8 heteroatoms. The van der Waals surface area contributed by atoms with E-state index in [1.807, 2.05) is 13.8 Å². The molecule has 1 aromatic carbocycles. The number of esters is 1. The van der Waals surface area contributed by atoms with E-state index < -0.39 is 24.5 Å². The second-order valence-electron chi connectivity index (χ2n) is 6.01. The Labute approximate surface area is 144 Å². The van der Waals surface area contributed by atoms with Gasteiger partial charge < -0.3 is 15.2 Å². The maximum Gasteiger partial charge on any atom is 0.330 e. The smallest absolute Gasteiger partial charge is 0.330 e. The van der Waals surface area contributed by atoms with Gasteiger partial charge in [-0.15, -0.1) is 0 Å². The van der Waals surface area contributed by atoms with Gasteiger partial charge in [0.05, 0.1) is 19.1 Å². The third-order valence-electron chi connectivity index (χ3n) is 3.59. The average molecular weight is 347 g/mol. The Kier molecular flexibility index (Phi) is 5.87. The lowest BCUT2D eigenvalue weighted by Crippen LogP contribution is -2.45. The number of aliphatic hydroxyl groups excluding tert-OH is 1. The van der Waals surface area contributed by atoms with E-state index in [4.69, 9.17) is 0 Å². The third kappa shape index (κ3) is 4.03. The number of carbonyl (C=O) groups excluding carboxylic acids is 2. The molecule has 0 saturated carbocycles. The van der Waals surface area contributed by atoms with Gasteiger partial charge in [0.15, 0.2) is 11.7 Å². The highest BCUT2D eigenvalue weighted by atomic mass is 16.5. The van der Waals surface area contributed by atoms with Gasteiger partial charge in [-0.1, -0.05) is 32.0 Å². The van der Waals surface area contributed by atoms with Crippen molar-refractivity contribution in [1.29, 1.82) is 0 Å². The maximum absolute atomic E-state index is 12.6. The van der Waals surface area contributed by atoms with Crippen molar-refractivity contribution >= 4 is 22.6 Å². The molecule has 8 nitrogen and oxygen atoms in total. The SMILES string of the molecule is COC(=O)[C@H](CO)NC(=O)c1nn(CC(C)C)c(=O)c2ccccc12. The summed E-state index contributed by atoms with van der Waals surface area (Å²) in [6.45, 7) is 3.61. The number of aliphatic hydroxyl groups is 1. The van der Waals surface area contributed by atoms with Gasteiger partial charge >= 0.3 is 5.97 Å². The highest BCUT2D eigenvalue weighted by Gasteiger charge is 2.24. The number of nitrogens with zero attached hydrogens (tertiary/aromatic N) is 2. The number of carbonyl (C=O) groups is 2. The Morgan fingerprint density at radius 2 is 1.92 bits per heavy atom. The molecule has 25 heavy (non-hydrogen) atoms. The zero-order valence-electron chi connectivity index (χ0n) is 14.4. The van der Waals surface area contributed by atoms with Crippen molar-refractivity contribution < 1.29 is 19.4 Å². The molecule has 0 spiro atoms. The summed E-state index contributed by atoms with van der Waals surface area (Å²) in [7, 11) is 1.16. The fourth-order valence-corrected chi connectivity index (χ4v) is 2.42. The molecule has 1 heterocycles. The molecule has 0 unspecified atom stereocenters. The summed E-state index contributed by atoms with van der Waals surface area (Å²) in [5, 5.41) is 16.6. The van der Waals surface area contributed by atoms with Crippen molar-refractivity contribution in [2.45, 2.75) is 26.4 Å². The van der Waals surface area contributed by atoms with E-state index in [0.717, 1.165) is 7.11 Å². The summed E-state index contributed by atoms with van der Waals surface area (Å²) in [6.07, 6.45) is 0. The minimum absolute atomic E-state index is 0.0122. The number of aromatic nitrogens is 2. The number of methoxy groups -OCH3 is 1. The number of amides is 1. The third-order valence-corrected chi connectivity index (χ3v) is 3.59. The van der Waals surface area contributed by atoms with Crippen LogP contribution >= 0.6 is 0 Å². The largest absolute Gasteiger partial charge is 0.467 e. The lowest BCUT2D eigenvalue weighted by molar-refractivity contribution is -0.143. The molecule has 0 aliphatic heterocycles. The van der Waals surface area contributed by atoms with Crippen molar-refractivity contribution in [3.63, 3.8) is 0 Å². The number of fused-ring (bicyclic) bond motifs is 1. The number of ether oxygens (including phenoxy) is 1. The molecule has 0 aliphatic carbocycles.